The lowest BCUT2D eigenvalue weighted by Crippen LogP contribution is -1.83. The quantitative estimate of drug-likeness (QED) is 0.568. The average Bonchev–Trinajstić information content (AvgIpc) is 2.42. The SMILES string of the molecule is O=NCc1ccc(CN=Nc2ccccc2)cc1. The molecule has 18 heavy (non-hydrogen) atoms. The maximum atomic E-state index is 10.1. The van der Waals surface area contributed by atoms with Crippen LogP contribution in [0.3, 0.4) is 0 Å². The second-order valence-corrected chi connectivity index (χ2v) is 3.84. The van der Waals surface area contributed by atoms with Crippen LogP contribution < -0.4 is 0 Å². The molecule has 0 unspecified atom stereocenters. The Kier molecular flexibility index (Phi) is 4.30. The van der Waals surface area contributed by atoms with Crippen molar-refractivity contribution in [3.05, 3.63) is 70.6 Å². The van der Waals surface area contributed by atoms with Gasteiger partial charge < -0.3 is 0 Å². The third-order valence-electron chi connectivity index (χ3n) is 2.47. The summed E-state index contributed by atoms with van der Waals surface area (Å²) in [6.07, 6.45) is 0. The lowest BCUT2D eigenvalue weighted by Gasteiger charge is -1.97. The molecule has 90 valence electrons. The van der Waals surface area contributed by atoms with Gasteiger partial charge in [0, 0.05) is 0 Å². The summed E-state index contributed by atoms with van der Waals surface area (Å²) in [6.45, 7) is 0.746. The third-order valence-corrected chi connectivity index (χ3v) is 2.47. The van der Waals surface area contributed by atoms with Gasteiger partial charge in [-0.2, -0.15) is 15.1 Å². The topological polar surface area (TPSA) is 54.1 Å². The Hall–Kier alpha value is -2.36. The van der Waals surface area contributed by atoms with Crippen molar-refractivity contribution in [1.29, 1.82) is 0 Å². The molecular formula is C14H13N3O. The Morgan fingerprint density at radius 3 is 2.00 bits per heavy atom. The Labute approximate surface area is 105 Å². The number of nitroso groups, excluding NO2 is 1. The number of nitrogens with zero attached hydrogens (tertiary/aromatic N) is 3. The van der Waals surface area contributed by atoms with Crippen molar-refractivity contribution in [2.45, 2.75) is 13.1 Å². The van der Waals surface area contributed by atoms with E-state index in [1.807, 2.05) is 54.6 Å². The molecule has 0 bridgehead atoms. The zero-order valence-corrected chi connectivity index (χ0v) is 9.86. The van der Waals surface area contributed by atoms with Gasteiger partial charge in [0.15, 0.2) is 0 Å². The van der Waals surface area contributed by atoms with Crippen molar-refractivity contribution < 1.29 is 0 Å². The first kappa shape index (κ1) is 12.1. The average molecular weight is 239 g/mol. The smallest absolute Gasteiger partial charge is 0.106 e. The largest absolute Gasteiger partial charge is 0.184 e. The summed E-state index contributed by atoms with van der Waals surface area (Å²) in [5, 5.41) is 11.1. The standard InChI is InChI=1S/C14H13N3O/c18-16-11-13-8-6-12(7-9-13)10-15-17-14-4-2-1-3-5-14/h1-9H,10-11H2. The minimum atomic E-state index is 0.214. The normalized spacial score (nSPS) is 10.7. The molecule has 0 saturated heterocycles. The highest BCUT2D eigenvalue weighted by atomic mass is 16.3. The zero-order chi connectivity index (χ0) is 12.6. The number of azo groups is 1. The summed E-state index contributed by atoms with van der Waals surface area (Å²) in [4.78, 5) is 10.1. The van der Waals surface area contributed by atoms with Crippen LogP contribution >= 0.6 is 0 Å². The fourth-order valence-corrected chi connectivity index (χ4v) is 1.52. The minimum Gasteiger partial charge on any atom is -0.184 e. The van der Waals surface area contributed by atoms with Crippen molar-refractivity contribution in [1.82, 2.24) is 0 Å². The highest BCUT2D eigenvalue weighted by Crippen LogP contribution is 2.12. The molecule has 2 rings (SSSR count). The van der Waals surface area contributed by atoms with Gasteiger partial charge in [-0.3, -0.25) is 0 Å². The van der Waals surface area contributed by atoms with Gasteiger partial charge in [-0.15, -0.1) is 0 Å². The number of hydrogen-bond donors (Lipinski definition) is 0. The molecule has 2 aromatic rings. The van der Waals surface area contributed by atoms with Gasteiger partial charge >= 0.3 is 0 Å². The Balaban J connectivity index is 1.94. The van der Waals surface area contributed by atoms with Crippen molar-refractivity contribution in [3.63, 3.8) is 0 Å². The molecule has 4 heteroatoms. The first-order valence-electron chi connectivity index (χ1n) is 5.68. The van der Waals surface area contributed by atoms with Gasteiger partial charge in [-0.25, -0.2) is 0 Å². The molecular weight excluding hydrogens is 226 g/mol. The Bertz CT molecular complexity index is 520. The van der Waals surface area contributed by atoms with Crippen LogP contribution in [0.15, 0.2) is 70.0 Å². The highest BCUT2D eigenvalue weighted by molar-refractivity contribution is 5.34. The van der Waals surface area contributed by atoms with Crippen molar-refractivity contribution in [3.8, 4) is 0 Å². The molecule has 0 spiro atoms. The summed E-state index contributed by atoms with van der Waals surface area (Å²) in [6, 6.07) is 17.2. The van der Waals surface area contributed by atoms with Crippen LogP contribution in [-0.2, 0) is 13.1 Å². The monoisotopic (exact) mass is 239 g/mol. The molecule has 0 amide bonds. The van der Waals surface area contributed by atoms with Crippen LogP contribution in [0.2, 0.25) is 0 Å². The predicted octanol–water partition coefficient (Wildman–Crippen LogP) is 4.24. The van der Waals surface area contributed by atoms with Crippen LogP contribution in [-0.4, -0.2) is 0 Å². The summed E-state index contributed by atoms with van der Waals surface area (Å²) in [5.41, 5.74) is 2.82. The minimum absolute atomic E-state index is 0.214. The van der Waals surface area contributed by atoms with E-state index in [2.05, 4.69) is 15.4 Å². The summed E-state index contributed by atoms with van der Waals surface area (Å²) < 4.78 is 0. The molecule has 0 radical (unpaired) electrons. The van der Waals surface area contributed by atoms with Gasteiger partial charge in [0.2, 0.25) is 0 Å². The van der Waals surface area contributed by atoms with E-state index in [4.69, 9.17) is 0 Å². The van der Waals surface area contributed by atoms with Crippen molar-refractivity contribution in [2.75, 3.05) is 0 Å². The summed E-state index contributed by atoms with van der Waals surface area (Å²) in [5.74, 6) is 0. The van der Waals surface area contributed by atoms with E-state index in [0.29, 0.717) is 6.54 Å². The van der Waals surface area contributed by atoms with Crippen LogP contribution in [0, 0.1) is 4.91 Å². The highest BCUT2D eigenvalue weighted by Gasteiger charge is 1.94. The fraction of sp³-hybridized carbons (Fsp3) is 0.143. The van der Waals surface area contributed by atoms with Crippen LogP contribution in [0.1, 0.15) is 11.1 Å². The molecule has 0 aliphatic carbocycles. The van der Waals surface area contributed by atoms with Gasteiger partial charge in [-0.1, -0.05) is 47.6 Å². The number of benzene rings is 2. The van der Waals surface area contributed by atoms with Gasteiger partial charge in [0.1, 0.15) is 6.54 Å². The first-order chi connectivity index (χ1) is 8.88. The van der Waals surface area contributed by atoms with Crippen LogP contribution in [0.4, 0.5) is 5.69 Å². The molecule has 0 aliphatic heterocycles. The summed E-state index contributed by atoms with van der Waals surface area (Å²) >= 11 is 0. The van der Waals surface area contributed by atoms with Crippen LogP contribution in [0.25, 0.3) is 0 Å². The van der Waals surface area contributed by atoms with Gasteiger partial charge in [0.25, 0.3) is 0 Å². The van der Waals surface area contributed by atoms with E-state index < -0.39 is 0 Å². The van der Waals surface area contributed by atoms with E-state index in [1.165, 1.54) is 0 Å². The van der Waals surface area contributed by atoms with E-state index in [-0.39, 0.29) is 6.54 Å². The molecule has 0 aromatic heterocycles. The Morgan fingerprint density at radius 1 is 0.778 bits per heavy atom. The zero-order valence-electron chi connectivity index (χ0n) is 9.86. The maximum absolute atomic E-state index is 10.1. The molecule has 4 nitrogen and oxygen atoms in total. The maximum Gasteiger partial charge on any atom is 0.106 e. The van der Waals surface area contributed by atoms with Crippen LogP contribution in [0.5, 0.6) is 0 Å². The molecule has 2 aromatic carbocycles. The lowest BCUT2D eigenvalue weighted by atomic mass is 10.1. The molecule has 0 atom stereocenters. The number of rotatable bonds is 5. The molecule has 0 aliphatic rings. The van der Waals surface area contributed by atoms with E-state index in [0.717, 1.165) is 16.8 Å². The van der Waals surface area contributed by atoms with E-state index in [9.17, 15) is 4.91 Å². The molecule has 0 saturated carbocycles. The van der Waals surface area contributed by atoms with Crippen molar-refractivity contribution in [2.24, 2.45) is 15.4 Å². The Morgan fingerprint density at radius 2 is 1.39 bits per heavy atom. The first-order valence-corrected chi connectivity index (χ1v) is 5.68. The summed E-state index contributed by atoms with van der Waals surface area (Å²) in [7, 11) is 0. The number of hydrogen-bond acceptors (Lipinski definition) is 4. The third kappa shape index (κ3) is 3.59. The van der Waals surface area contributed by atoms with Crippen molar-refractivity contribution >= 4 is 5.69 Å². The van der Waals surface area contributed by atoms with E-state index in [1.54, 1.807) is 0 Å². The van der Waals surface area contributed by atoms with Gasteiger partial charge in [0.05, 0.1) is 12.2 Å². The predicted molar refractivity (Wildman–Crippen MR) is 70.6 cm³/mol. The lowest BCUT2D eigenvalue weighted by molar-refractivity contribution is 0.954. The molecule has 0 heterocycles. The van der Waals surface area contributed by atoms with E-state index >= 15 is 0 Å². The second-order valence-electron chi connectivity index (χ2n) is 3.84. The van der Waals surface area contributed by atoms with Gasteiger partial charge in [-0.05, 0) is 23.3 Å². The second kappa shape index (κ2) is 6.39. The molecule has 0 fully saturated rings. The molecule has 0 N–H and O–H groups in total. The fourth-order valence-electron chi connectivity index (χ4n) is 1.52.